The van der Waals surface area contributed by atoms with Crippen LogP contribution < -0.4 is 0 Å². The predicted molar refractivity (Wildman–Crippen MR) is 113 cm³/mol. The van der Waals surface area contributed by atoms with Gasteiger partial charge in [-0.1, -0.05) is 64.1 Å². The molecule has 0 saturated heterocycles. The lowest BCUT2D eigenvalue weighted by molar-refractivity contribution is 0.0697. The monoisotopic (exact) mass is 362 g/mol. The standard InChI is InChI=1S/C25H30O2/c1-17(14-18-6-8-20(9-7-18)23(26)27)21-11-10-19-12-13-24(2,3)16-25(4,5)22(19)15-21/h6-11,14-15H,12-13,16H2,1-5H3,(H,26,27)/b17-14+. The van der Waals surface area contributed by atoms with E-state index in [4.69, 9.17) is 5.11 Å². The number of benzene rings is 2. The van der Waals surface area contributed by atoms with Crippen molar-refractivity contribution < 1.29 is 9.90 Å². The second-order valence-electron chi connectivity index (χ2n) is 9.35. The van der Waals surface area contributed by atoms with Gasteiger partial charge in [0.1, 0.15) is 0 Å². The van der Waals surface area contributed by atoms with Gasteiger partial charge < -0.3 is 5.11 Å². The SMILES string of the molecule is C/C(=C\c1ccc(C(=O)O)cc1)c1ccc2c(c1)C(C)(C)CC(C)(C)CC2. The summed E-state index contributed by atoms with van der Waals surface area (Å²) in [6.07, 6.45) is 5.69. The Labute approximate surface area is 162 Å². The summed E-state index contributed by atoms with van der Waals surface area (Å²) in [6.45, 7) is 11.6. The van der Waals surface area contributed by atoms with E-state index in [0.29, 0.717) is 11.0 Å². The number of aryl methyl sites for hydroxylation is 1. The molecule has 0 heterocycles. The molecule has 1 aliphatic rings. The Balaban J connectivity index is 1.94. The van der Waals surface area contributed by atoms with E-state index < -0.39 is 5.97 Å². The smallest absolute Gasteiger partial charge is 0.335 e. The van der Waals surface area contributed by atoms with Gasteiger partial charge >= 0.3 is 5.97 Å². The van der Waals surface area contributed by atoms with E-state index >= 15 is 0 Å². The fourth-order valence-electron chi connectivity index (χ4n) is 4.58. The topological polar surface area (TPSA) is 37.3 Å². The van der Waals surface area contributed by atoms with E-state index in [1.807, 2.05) is 12.1 Å². The van der Waals surface area contributed by atoms with E-state index in [1.165, 1.54) is 35.1 Å². The van der Waals surface area contributed by atoms with Crippen LogP contribution in [0.4, 0.5) is 0 Å². The van der Waals surface area contributed by atoms with Gasteiger partial charge in [-0.05, 0) is 77.0 Å². The molecule has 0 fully saturated rings. The molecular weight excluding hydrogens is 332 g/mol. The van der Waals surface area contributed by atoms with Crippen LogP contribution in [0.2, 0.25) is 0 Å². The van der Waals surface area contributed by atoms with Crippen LogP contribution in [0.15, 0.2) is 42.5 Å². The number of carboxylic acids is 1. The van der Waals surface area contributed by atoms with Crippen LogP contribution in [0, 0.1) is 5.41 Å². The number of carboxylic acid groups (broad SMARTS) is 1. The minimum atomic E-state index is -0.891. The highest BCUT2D eigenvalue weighted by atomic mass is 16.4. The molecule has 0 aliphatic heterocycles. The molecule has 2 nitrogen and oxygen atoms in total. The van der Waals surface area contributed by atoms with Crippen molar-refractivity contribution in [3.8, 4) is 0 Å². The maximum absolute atomic E-state index is 11.0. The van der Waals surface area contributed by atoms with Crippen LogP contribution in [0.3, 0.4) is 0 Å². The maximum atomic E-state index is 11.0. The fraction of sp³-hybridized carbons (Fsp3) is 0.400. The molecule has 0 saturated carbocycles. The molecule has 27 heavy (non-hydrogen) atoms. The highest BCUT2D eigenvalue weighted by Crippen LogP contribution is 2.44. The Morgan fingerprint density at radius 1 is 1.00 bits per heavy atom. The summed E-state index contributed by atoms with van der Waals surface area (Å²) < 4.78 is 0. The number of hydrogen-bond acceptors (Lipinski definition) is 1. The third-order valence-corrected chi connectivity index (χ3v) is 5.83. The number of carbonyl (C=O) groups is 1. The molecule has 2 aromatic carbocycles. The number of allylic oxidation sites excluding steroid dienone is 1. The third kappa shape index (κ3) is 4.32. The van der Waals surface area contributed by atoms with E-state index in [9.17, 15) is 4.79 Å². The number of rotatable bonds is 3. The van der Waals surface area contributed by atoms with E-state index in [0.717, 1.165) is 12.0 Å². The molecular formula is C25H30O2. The summed E-state index contributed by atoms with van der Waals surface area (Å²) in [5, 5.41) is 9.04. The molecule has 0 atom stereocenters. The van der Waals surface area contributed by atoms with Crippen LogP contribution in [-0.2, 0) is 11.8 Å². The molecule has 2 aromatic rings. The van der Waals surface area contributed by atoms with E-state index in [2.05, 4.69) is 58.9 Å². The number of hydrogen-bond donors (Lipinski definition) is 1. The molecule has 2 heteroatoms. The first-order chi connectivity index (χ1) is 12.6. The lowest BCUT2D eigenvalue weighted by atomic mass is 9.72. The van der Waals surface area contributed by atoms with Crippen LogP contribution in [0.1, 0.15) is 80.1 Å². The van der Waals surface area contributed by atoms with E-state index in [1.54, 1.807) is 12.1 Å². The largest absolute Gasteiger partial charge is 0.478 e. The second-order valence-corrected chi connectivity index (χ2v) is 9.35. The summed E-state index contributed by atoms with van der Waals surface area (Å²) in [6, 6.07) is 13.9. The Bertz CT molecular complexity index is 883. The van der Waals surface area contributed by atoms with Crippen LogP contribution in [0.5, 0.6) is 0 Å². The van der Waals surface area contributed by atoms with Crippen LogP contribution in [-0.4, -0.2) is 11.1 Å². The minimum absolute atomic E-state index is 0.161. The molecule has 3 rings (SSSR count). The van der Waals surface area contributed by atoms with Crippen molar-refractivity contribution in [3.63, 3.8) is 0 Å². The zero-order chi connectivity index (χ0) is 19.8. The quantitative estimate of drug-likeness (QED) is 0.494. The second kappa shape index (κ2) is 6.99. The maximum Gasteiger partial charge on any atom is 0.335 e. The third-order valence-electron chi connectivity index (χ3n) is 5.83. The molecule has 0 spiro atoms. The predicted octanol–water partition coefficient (Wildman–Crippen LogP) is 6.59. The minimum Gasteiger partial charge on any atom is -0.478 e. The molecule has 0 aromatic heterocycles. The molecule has 1 aliphatic carbocycles. The number of fused-ring (bicyclic) bond motifs is 1. The summed E-state index contributed by atoms with van der Waals surface area (Å²) in [5.74, 6) is -0.891. The number of aromatic carboxylic acids is 1. The van der Waals surface area contributed by atoms with Gasteiger partial charge in [-0.15, -0.1) is 0 Å². The highest BCUT2D eigenvalue weighted by Gasteiger charge is 2.34. The Morgan fingerprint density at radius 3 is 2.26 bits per heavy atom. The van der Waals surface area contributed by atoms with Crippen molar-refractivity contribution in [1.29, 1.82) is 0 Å². The molecule has 0 radical (unpaired) electrons. The summed E-state index contributed by atoms with van der Waals surface area (Å²) >= 11 is 0. The van der Waals surface area contributed by atoms with E-state index in [-0.39, 0.29) is 5.41 Å². The lowest BCUT2D eigenvalue weighted by Crippen LogP contribution is -2.25. The van der Waals surface area contributed by atoms with Crippen molar-refractivity contribution in [3.05, 3.63) is 70.3 Å². The van der Waals surface area contributed by atoms with Crippen molar-refractivity contribution in [2.45, 2.75) is 59.3 Å². The molecule has 0 amide bonds. The zero-order valence-electron chi connectivity index (χ0n) is 17.1. The van der Waals surface area contributed by atoms with Crippen molar-refractivity contribution in [2.24, 2.45) is 5.41 Å². The first kappa shape index (κ1) is 19.4. The zero-order valence-corrected chi connectivity index (χ0v) is 17.1. The molecule has 142 valence electrons. The molecule has 0 unspecified atom stereocenters. The average Bonchev–Trinajstić information content (AvgIpc) is 2.68. The van der Waals surface area contributed by atoms with Crippen LogP contribution in [0.25, 0.3) is 11.6 Å². The normalized spacial score (nSPS) is 18.5. The molecule has 0 bridgehead atoms. The first-order valence-corrected chi connectivity index (χ1v) is 9.73. The highest BCUT2D eigenvalue weighted by molar-refractivity contribution is 5.88. The Kier molecular flexibility index (Phi) is 5.03. The summed E-state index contributed by atoms with van der Waals surface area (Å²) in [5.41, 5.74) is 7.25. The fourth-order valence-corrected chi connectivity index (χ4v) is 4.58. The summed E-state index contributed by atoms with van der Waals surface area (Å²) in [4.78, 5) is 11.0. The average molecular weight is 363 g/mol. The van der Waals surface area contributed by atoms with Gasteiger partial charge in [0.25, 0.3) is 0 Å². The van der Waals surface area contributed by atoms with Gasteiger partial charge in [0.15, 0.2) is 0 Å². The van der Waals surface area contributed by atoms with Gasteiger partial charge in [0.05, 0.1) is 5.56 Å². The van der Waals surface area contributed by atoms with Gasteiger partial charge in [0, 0.05) is 0 Å². The Morgan fingerprint density at radius 2 is 1.63 bits per heavy atom. The van der Waals surface area contributed by atoms with Gasteiger partial charge in [0.2, 0.25) is 0 Å². The van der Waals surface area contributed by atoms with Crippen molar-refractivity contribution in [2.75, 3.05) is 0 Å². The Hall–Kier alpha value is -2.35. The van der Waals surface area contributed by atoms with Gasteiger partial charge in [-0.2, -0.15) is 0 Å². The van der Waals surface area contributed by atoms with Crippen molar-refractivity contribution in [1.82, 2.24) is 0 Å². The van der Waals surface area contributed by atoms with Crippen LogP contribution >= 0.6 is 0 Å². The first-order valence-electron chi connectivity index (χ1n) is 9.73. The van der Waals surface area contributed by atoms with Crippen molar-refractivity contribution >= 4 is 17.6 Å². The lowest BCUT2D eigenvalue weighted by Gasteiger charge is -2.33. The van der Waals surface area contributed by atoms with Gasteiger partial charge in [-0.25, -0.2) is 4.79 Å². The molecule has 1 N–H and O–H groups in total. The summed E-state index contributed by atoms with van der Waals surface area (Å²) in [7, 11) is 0. The van der Waals surface area contributed by atoms with Gasteiger partial charge in [-0.3, -0.25) is 0 Å².